The predicted octanol–water partition coefficient (Wildman–Crippen LogP) is 2.72. The molecule has 1 fully saturated rings. The summed E-state index contributed by atoms with van der Waals surface area (Å²) < 4.78 is 12.9. The van der Waals surface area contributed by atoms with Crippen LogP contribution in [-0.2, 0) is 16.1 Å². The highest BCUT2D eigenvalue weighted by Crippen LogP contribution is 2.23. The van der Waals surface area contributed by atoms with E-state index in [4.69, 9.17) is 0 Å². The van der Waals surface area contributed by atoms with Crippen molar-refractivity contribution in [3.8, 4) is 0 Å². The van der Waals surface area contributed by atoms with Crippen LogP contribution in [0.2, 0.25) is 0 Å². The molecule has 1 aromatic rings. The maximum Gasteiger partial charge on any atom is 0.325 e. The Morgan fingerprint density at radius 1 is 1.19 bits per heavy atom. The van der Waals surface area contributed by atoms with Gasteiger partial charge in [0.25, 0.3) is 5.91 Å². The number of benzene rings is 1. The summed E-state index contributed by atoms with van der Waals surface area (Å²) >= 11 is 0. The molecule has 1 aliphatic heterocycles. The zero-order valence-electron chi connectivity index (χ0n) is 15.3. The van der Waals surface area contributed by atoms with Crippen molar-refractivity contribution in [3.63, 3.8) is 0 Å². The fraction of sp³-hybridized carbons (Fsp3) is 0.526. The van der Waals surface area contributed by atoms with Crippen LogP contribution < -0.4 is 10.6 Å². The number of carbonyl (C=O) groups is 3. The quantitative estimate of drug-likeness (QED) is 0.523. The standard InChI is InChI=1S/C19H26FN3O3/c1-3-4-5-6-11-19(2)17(25)23(18(26)22-19)13-16(24)21-12-14-7-9-15(20)10-8-14/h7-10H,3-6,11-13H2,1-2H3,(H,21,24)(H,22,26)/t19-/m0/s1. The van der Waals surface area contributed by atoms with Crippen LogP contribution in [0.5, 0.6) is 0 Å². The highest BCUT2D eigenvalue weighted by atomic mass is 19.1. The van der Waals surface area contributed by atoms with Gasteiger partial charge in [0.05, 0.1) is 0 Å². The van der Waals surface area contributed by atoms with Crippen LogP contribution in [0.1, 0.15) is 51.5 Å². The molecule has 26 heavy (non-hydrogen) atoms. The molecule has 1 aliphatic rings. The Morgan fingerprint density at radius 2 is 1.88 bits per heavy atom. The van der Waals surface area contributed by atoms with E-state index in [1.54, 1.807) is 19.1 Å². The zero-order valence-corrected chi connectivity index (χ0v) is 15.3. The van der Waals surface area contributed by atoms with E-state index >= 15 is 0 Å². The number of amides is 4. The predicted molar refractivity (Wildman–Crippen MR) is 95.7 cm³/mol. The number of nitrogens with zero attached hydrogens (tertiary/aromatic N) is 1. The third kappa shape index (κ3) is 5.03. The number of carbonyl (C=O) groups excluding carboxylic acids is 3. The fourth-order valence-electron chi connectivity index (χ4n) is 2.97. The lowest BCUT2D eigenvalue weighted by Gasteiger charge is -2.21. The first-order valence-electron chi connectivity index (χ1n) is 9.01. The van der Waals surface area contributed by atoms with Gasteiger partial charge >= 0.3 is 6.03 Å². The van der Waals surface area contributed by atoms with E-state index in [-0.39, 0.29) is 24.8 Å². The maximum atomic E-state index is 12.9. The molecule has 0 saturated carbocycles. The van der Waals surface area contributed by atoms with E-state index in [1.807, 2.05) is 0 Å². The Hall–Kier alpha value is -2.44. The summed E-state index contributed by atoms with van der Waals surface area (Å²) in [5.41, 5.74) is -0.208. The largest absolute Gasteiger partial charge is 0.350 e. The number of imide groups is 1. The first kappa shape index (κ1) is 19.9. The average Bonchev–Trinajstić information content (AvgIpc) is 2.82. The van der Waals surface area contributed by atoms with Crippen LogP contribution in [0.3, 0.4) is 0 Å². The molecule has 2 N–H and O–H groups in total. The van der Waals surface area contributed by atoms with Gasteiger partial charge in [0.1, 0.15) is 17.9 Å². The lowest BCUT2D eigenvalue weighted by Crippen LogP contribution is -2.45. The van der Waals surface area contributed by atoms with Gasteiger partial charge in [0.2, 0.25) is 5.91 Å². The second-order valence-electron chi connectivity index (χ2n) is 6.87. The summed E-state index contributed by atoms with van der Waals surface area (Å²) in [5, 5.41) is 5.35. The SMILES string of the molecule is CCCCCC[C@]1(C)NC(=O)N(CC(=O)NCc2ccc(F)cc2)C1=O. The Morgan fingerprint density at radius 3 is 2.54 bits per heavy atom. The first-order valence-corrected chi connectivity index (χ1v) is 9.01. The third-order valence-corrected chi connectivity index (χ3v) is 4.58. The Bertz CT molecular complexity index is 662. The molecule has 142 valence electrons. The van der Waals surface area contributed by atoms with Crippen molar-refractivity contribution in [1.82, 2.24) is 15.5 Å². The molecular formula is C19H26FN3O3. The summed E-state index contributed by atoms with van der Waals surface area (Å²) in [4.78, 5) is 37.7. The second-order valence-corrected chi connectivity index (χ2v) is 6.87. The first-order chi connectivity index (χ1) is 12.4. The minimum absolute atomic E-state index is 0.205. The van der Waals surface area contributed by atoms with Gasteiger partial charge in [-0.1, -0.05) is 44.7 Å². The summed E-state index contributed by atoms with van der Waals surface area (Å²) in [6.45, 7) is 3.69. The van der Waals surface area contributed by atoms with Gasteiger partial charge < -0.3 is 10.6 Å². The maximum absolute atomic E-state index is 12.9. The number of halogens is 1. The second kappa shape index (κ2) is 8.78. The molecule has 7 heteroatoms. The minimum Gasteiger partial charge on any atom is -0.350 e. The van der Waals surface area contributed by atoms with Crippen molar-refractivity contribution in [3.05, 3.63) is 35.6 Å². The van der Waals surface area contributed by atoms with Crippen molar-refractivity contribution in [2.45, 2.75) is 58.0 Å². The van der Waals surface area contributed by atoms with E-state index in [0.717, 1.165) is 36.1 Å². The van der Waals surface area contributed by atoms with Crippen LogP contribution in [0, 0.1) is 5.82 Å². The number of nitrogens with one attached hydrogen (secondary N) is 2. The van der Waals surface area contributed by atoms with Gasteiger partial charge in [0, 0.05) is 6.54 Å². The van der Waals surface area contributed by atoms with Gasteiger partial charge in [-0.2, -0.15) is 0 Å². The lowest BCUT2D eigenvalue weighted by atomic mass is 9.94. The fourth-order valence-corrected chi connectivity index (χ4v) is 2.97. The van der Waals surface area contributed by atoms with Gasteiger partial charge in [-0.15, -0.1) is 0 Å². The van der Waals surface area contributed by atoms with Crippen molar-refractivity contribution in [2.75, 3.05) is 6.54 Å². The van der Waals surface area contributed by atoms with Crippen LogP contribution in [0.15, 0.2) is 24.3 Å². The van der Waals surface area contributed by atoms with E-state index < -0.39 is 17.5 Å². The molecule has 1 atom stereocenters. The van der Waals surface area contributed by atoms with Crippen molar-refractivity contribution >= 4 is 17.8 Å². The van der Waals surface area contributed by atoms with Crippen LogP contribution in [0.4, 0.5) is 9.18 Å². The topological polar surface area (TPSA) is 78.5 Å². The van der Waals surface area contributed by atoms with Crippen LogP contribution in [-0.4, -0.2) is 34.8 Å². The molecular weight excluding hydrogens is 337 g/mol. The zero-order chi connectivity index (χ0) is 19.2. The molecule has 0 bridgehead atoms. The Balaban J connectivity index is 1.85. The Kier molecular flexibility index (Phi) is 6.71. The van der Waals surface area contributed by atoms with E-state index in [1.165, 1.54) is 12.1 Å². The smallest absolute Gasteiger partial charge is 0.325 e. The molecule has 2 rings (SSSR count). The van der Waals surface area contributed by atoms with Gasteiger partial charge in [0.15, 0.2) is 0 Å². The Labute approximate surface area is 153 Å². The van der Waals surface area contributed by atoms with Gasteiger partial charge in [-0.05, 0) is 31.0 Å². The lowest BCUT2D eigenvalue weighted by molar-refractivity contribution is -0.134. The van der Waals surface area contributed by atoms with Crippen molar-refractivity contribution in [1.29, 1.82) is 0 Å². The number of hydrogen-bond donors (Lipinski definition) is 2. The molecule has 1 aromatic carbocycles. The number of urea groups is 1. The molecule has 0 aliphatic carbocycles. The van der Waals surface area contributed by atoms with Gasteiger partial charge in [-0.3, -0.25) is 14.5 Å². The van der Waals surface area contributed by atoms with Crippen molar-refractivity contribution < 1.29 is 18.8 Å². The molecule has 1 heterocycles. The number of unbranched alkanes of at least 4 members (excludes halogenated alkanes) is 3. The molecule has 0 radical (unpaired) electrons. The third-order valence-electron chi connectivity index (χ3n) is 4.58. The van der Waals surface area contributed by atoms with E-state index in [2.05, 4.69) is 17.6 Å². The molecule has 0 spiro atoms. The van der Waals surface area contributed by atoms with E-state index in [0.29, 0.717) is 6.42 Å². The average molecular weight is 363 g/mol. The monoisotopic (exact) mass is 363 g/mol. The minimum atomic E-state index is -0.942. The summed E-state index contributed by atoms with van der Waals surface area (Å²) in [5.74, 6) is -1.15. The van der Waals surface area contributed by atoms with E-state index in [9.17, 15) is 18.8 Å². The number of rotatable bonds is 9. The van der Waals surface area contributed by atoms with Crippen LogP contribution >= 0.6 is 0 Å². The molecule has 0 unspecified atom stereocenters. The molecule has 0 aromatic heterocycles. The number of hydrogen-bond acceptors (Lipinski definition) is 3. The molecule has 1 saturated heterocycles. The van der Waals surface area contributed by atoms with Crippen LogP contribution in [0.25, 0.3) is 0 Å². The summed E-state index contributed by atoms with van der Waals surface area (Å²) in [6.07, 6.45) is 4.60. The summed E-state index contributed by atoms with van der Waals surface area (Å²) in [6, 6.07) is 5.21. The van der Waals surface area contributed by atoms with Crippen molar-refractivity contribution in [2.24, 2.45) is 0 Å². The van der Waals surface area contributed by atoms with Gasteiger partial charge in [-0.25, -0.2) is 9.18 Å². The summed E-state index contributed by atoms with van der Waals surface area (Å²) in [7, 11) is 0. The normalized spacial score (nSPS) is 19.6. The molecule has 6 nitrogen and oxygen atoms in total. The highest BCUT2D eigenvalue weighted by molar-refractivity contribution is 6.08. The highest BCUT2D eigenvalue weighted by Gasteiger charge is 2.47. The molecule has 4 amide bonds.